The van der Waals surface area contributed by atoms with E-state index >= 15 is 0 Å². The predicted molar refractivity (Wildman–Crippen MR) is 122 cm³/mol. The molecule has 4 rings (SSSR count). The van der Waals surface area contributed by atoms with E-state index in [4.69, 9.17) is 0 Å². The number of hydrogen-bond acceptors (Lipinski definition) is 6. The number of fused-ring (bicyclic) bond motifs is 1. The van der Waals surface area contributed by atoms with Crippen molar-refractivity contribution in [2.24, 2.45) is 0 Å². The lowest BCUT2D eigenvalue weighted by Gasteiger charge is -2.26. The highest BCUT2D eigenvalue weighted by atomic mass is 32.2. The van der Waals surface area contributed by atoms with Crippen molar-refractivity contribution in [1.29, 1.82) is 0 Å². The van der Waals surface area contributed by atoms with Crippen LogP contribution in [0.15, 0.2) is 29.3 Å². The van der Waals surface area contributed by atoms with Crippen LogP contribution in [-0.2, 0) is 21.8 Å². The lowest BCUT2D eigenvalue weighted by molar-refractivity contribution is -0.139. The number of benzene rings is 1. The Hall–Kier alpha value is -1.99. The van der Waals surface area contributed by atoms with Crippen molar-refractivity contribution >= 4 is 26.3 Å². The molecule has 1 aliphatic carbocycles. The van der Waals surface area contributed by atoms with Gasteiger partial charge in [-0.15, -0.1) is 0 Å². The maximum Gasteiger partial charge on any atom is 0.417 e. The molecule has 34 heavy (non-hydrogen) atoms. The number of halogens is 3. The van der Waals surface area contributed by atoms with E-state index in [1.807, 2.05) is 0 Å². The van der Waals surface area contributed by atoms with E-state index < -0.39 is 44.4 Å². The van der Waals surface area contributed by atoms with Crippen molar-refractivity contribution < 1.29 is 31.8 Å². The SMILES string of the molecule is Cc1nc2sc(C(C)(C)O)cn2c1-c1ccc(C(F)(F)F)c(S(=O)(=O)N[C@H]2CC[C@@H](O)CC2)c1. The Morgan fingerprint density at radius 2 is 1.82 bits per heavy atom. The van der Waals surface area contributed by atoms with E-state index in [1.54, 1.807) is 31.4 Å². The summed E-state index contributed by atoms with van der Waals surface area (Å²) in [4.78, 5) is 4.74. The van der Waals surface area contributed by atoms with E-state index in [-0.39, 0.29) is 5.56 Å². The molecule has 0 aliphatic heterocycles. The molecule has 1 saturated carbocycles. The molecular weight excluding hydrogens is 491 g/mol. The number of thiazole rings is 1. The number of aliphatic hydroxyl groups is 2. The van der Waals surface area contributed by atoms with Crippen molar-refractivity contribution in [2.45, 2.75) is 75.3 Å². The standard InChI is InChI=1S/C22H26F3N3O4S2/c1-12-19(28-11-18(21(2,3)30)33-20(28)26-12)13-4-9-16(22(23,24)25)17(10-13)34(31,32)27-14-5-7-15(29)8-6-14/h4,9-11,14-15,27,29-30H,5-8H2,1-3H3/t14-,15+. The summed E-state index contributed by atoms with van der Waals surface area (Å²) in [7, 11) is -4.51. The number of alkyl halides is 3. The third kappa shape index (κ3) is 4.87. The van der Waals surface area contributed by atoms with Crippen molar-refractivity contribution in [3.8, 4) is 11.3 Å². The molecule has 12 heteroatoms. The van der Waals surface area contributed by atoms with Gasteiger partial charge in [0.2, 0.25) is 10.0 Å². The predicted octanol–water partition coefficient (Wildman–Crippen LogP) is 4.20. The topological polar surface area (TPSA) is 104 Å². The van der Waals surface area contributed by atoms with Crippen molar-refractivity contribution in [3.63, 3.8) is 0 Å². The summed E-state index contributed by atoms with van der Waals surface area (Å²) in [5.74, 6) is 0. The van der Waals surface area contributed by atoms with Gasteiger partial charge in [-0.1, -0.05) is 17.4 Å². The van der Waals surface area contributed by atoms with Gasteiger partial charge in [-0.25, -0.2) is 18.1 Å². The third-order valence-corrected chi connectivity index (χ3v) is 8.83. The minimum absolute atomic E-state index is 0.262. The van der Waals surface area contributed by atoms with E-state index in [0.29, 0.717) is 46.9 Å². The molecule has 1 fully saturated rings. The summed E-state index contributed by atoms with van der Waals surface area (Å²) in [6, 6.07) is 2.49. The van der Waals surface area contributed by atoms with Gasteiger partial charge in [-0.05, 0) is 58.6 Å². The number of aryl methyl sites for hydroxylation is 1. The molecule has 2 heterocycles. The highest BCUT2D eigenvalue weighted by Gasteiger charge is 2.38. The van der Waals surface area contributed by atoms with E-state index in [1.165, 1.54) is 17.4 Å². The Labute approximate surface area is 199 Å². The molecule has 3 N–H and O–H groups in total. The van der Waals surface area contributed by atoms with Gasteiger partial charge in [-0.3, -0.25) is 4.40 Å². The van der Waals surface area contributed by atoms with Crippen LogP contribution in [0.5, 0.6) is 0 Å². The highest BCUT2D eigenvalue weighted by molar-refractivity contribution is 7.89. The lowest BCUT2D eigenvalue weighted by Crippen LogP contribution is -2.39. The van der Waals surface area contributed by atoms with E-state index in [2.05, 4.69) is 9.71 Å². The number of aromatic nitrogens is 2. The van der Waals surface area contributed by atoms with Crippen LogP contribution in [0.1, 0.15) is 55.7 Å². The Morgan fingerprint density at radius 3 is 2.41 bits per heavy atom. The van der Waals surface area contributed by atoms with Crippen LogP contribution in [0.2, 0.25) is 0 Å². The van der Waals surface area contributed by atoms with Gasteiger partial charge in [0.25, 0.3) is 0 Å². The zero-order chi connectivity index (χ0) is 25.1. The summed E-state index contributed by atoms with van der Waals surface area (Å²) in [5.41, 5.74) is -1.15. The molecule has 186 valence electrons. The molecule has 0 amide bonds. The number of nitrogens with zero attached hydrogens (tertiary/aromatic N) is 2. The second kappa shape index (κ2) is 8.59. The van der Waals surface area contributed by atoms with Gasteiger partial charge >= 0.3 is 6.18 Å². The smallest absolute Gasteiger partial charge is 0.393 e. The number of imidazole rings is 1. The first-order valence-electron chi connectivity index (χ1n) is 10.8. The van der Waals surface area contributed by atoms with Crippen LogP contribution in [0.3, 0.4) is 0 Å². The van der Waals surface area contributed by atoms with Crippen LogP contribution >= 0.6 is 11.3 Å². The fourth-order valence-electron chi connectivity index (χ4n) is 4.19. The molecular formula is C22H26F3N3O4S2. The van der Waals surface area contributed by atoms with Crippen LogP contribution in [-0.4, -0.2) is 40.2 Å². The molecule has 3 aromatic rings. The summed E-state index contributed by atoms with van der Waals surface area (Å²) < 4.78 is 71.7. The zero-order valence-corrected chi connectivity index (χ0v) is 20.5. The van der Waals surface area contributed by atoms with Crippen LogP contribution < -0.4 is 4.72 Å². The molecule has 1 aromatic carbocycles. The maximum absolute atomic E-state index is 13.8. The first kappa shape index (κ1) is 25.1. The average molecular weight is 518 g/mol. The number of sulfonamides is 1. The maximum atomic E-state index is 13.8. The molecule has 0 spiro atoms. The van der Waals surface area contributed by atoms with E-state index in [9.17, 15) is 31.8 Å². The molecule has 0 atom stereocenters. The quantitative estimate of drug-likeness (QED) is 0.471. The Kier molecular flexibility index (Phi) is 6.35. The first-order chi connectivity index (χ1) is 15.7. The number of aliphatic hydroxyl groups excluding tert-OH is 1. The molecule has 0 radical (unpaired) electrons. The fraction of sp³-hybridized carbons (Fsp3) is 0.500. The number of nitrogens with one attached hydrogen (secondary N) is 1. The first-order valence-corrected chi connectivity index (χ1v) is 13.1. The van der Waals surface area contributed by atoms with Crippen molar-refractivity contribution in [1.82, 2.24) is 14.1 Å². The van der Waals surface area contributed by atoms with Gasteiger partial charge in [0.1, 0.15) is 0 Å². The highest BCUT2D eigenvalue weighted by Crippen LogP contribution is 2.39. The van der Waals surface area contributed by atoms with Gasteiger partial charge in [0, 0.05) is 17.8 Å². The largest absolute Gasteiger partial charge is 0.417 e. The monoisotopic (exact) mass is 517 g/mol. The van der Waals surface area contributed by atoms with Gasteiger partial charge in [-0.2, -0.15) is 13.2 Å². The second-order valence-corrected chi connectivity index (χ2v) is 11.9. The van der Waals surface area contributed by atoms with Gasteiger partial charge < -0.3 is 10.2 Å². The minimum Gasteiger partial charge on any atom is -0.393 e. The van der Waals surface area contributed by atoms with Crippen LogP contribution in [0, 0.1) is 6.92 Å². The molecule has 0 unspecified atom stereocenters. The summed E-state index contributed by atoms with van der Waals surface area (Å²) in [6.07, 6.45) is -2.28. The van der Waals surface area contributed by atoms with Crippen molar-refractivity contribution in [3.05, 3.63) is 40.5 Å². The molecule has 0 saturated heterocycles. The summed E-state index contributed by atoms with van der Waals surface area (Å²) in [6.45, 7) is 4.92. The number of rotatable bonds is 5. The molecule has 1 aliphatic rings. The van der Waals surface area contributed by atoms with Crippen LogP contribution in [0.4, 0.5) is 13.2 Å². The fourth-order valence-corrected chi connectivity index (χ4v) is 6.77. The normalized spacial score (nSPS) is 20.2. The van der Waals surface area contributed by atoms with Crippen molar-refractivity contribution in [2.75, 3.05) is 0 Å². The summed E-state index contributed by atoms with van der Waals surface area (Å²) in [5, 5.41) is 20.0. The molecule has 2 aromatic heterocycles. The van der Waals surface area contributed by atoms with Gasteiger partial charge in [0.05, 0.1) is 38.4 Å². The number of hydrogen-bond donors (Lipinski definition) is 3. The molecule has 0 bridgehead atoms. The van der Waals surface area contributed by atoms with Gasteiger partial charge in [0.15, 0.2) is 4.96 Å². The van der Waals surface area contributed by atoms with Crippen LogP contribution in [0.25, 0.3) is 16.2 Å². The van der Waals surface area contributed by atoms with E-state index in [0.717, 1.165) is 12.1 Å². The lowest BCUT2D eigenvalue weighted by atomic mass is 9.94. The minimum atomic E-state index is -4.87. The zero-order valence-electron chi connectivity index (χ0n) is 18.8. The molecule has 7 nitrogen and oxygen atoms in total. The Balaban J connectivity index is 1.82. The second-order valence-electron chi connectivity index (χ2n) is 9.19. The Bertz CT molecular complexity index is 1320. The summed E-state index contributed by atoms with van der Waals surface area (Å²) >= 11 is 1.25. The Morgan fingerprint density at radius 1 is 1.18 bits per heavy atom. The third-order valence-electron chi connectivity index (χ3n) is 5.97. The average Bonchev–Trinajstić information content (AvgIpc) is 3.25.